The number of nitrogens with zero attached hydrogens (tertiary/aromatic N) is 1. The zero-order chi connectivity index (χ0) is 19.5. The minimum atomic E-state index is -2.04. The summed E-state index contributed by atoms with van der Waals surface area (Å²) in [7, 11) is 3.07. The second-order valence-corrected chi connectivity index (χ2v) is 6.76. The number of ether oxygens (including phenoxy) is 2. The number of benzene rings is 1. The monoisotopic (exact) mass is 380 g/mol. The van der Waals surface area contributed by atoms with Crippen molar-refractivity contribution in [3.63, 3.8) is 0 Å². The maximum atomic E-state index is 12.3. The molecule has 3 N–H and O–H groups in total. The van der Waals surface area contributed by atoms with Gasteiger partial charge in [-0.25, -0.2) is 9.78 Å². The number of nitrogens with one attached hydrogen (secondary N) is 1. The number of aryl methyl sites for hydroxylation is 1. The van der Waals surface area contributed by atoms with Gasteiger partial charge in [-0.1, -0.05) is 0 Å². The number of aliphatic hydroxyl groups is 1. The van der Waals surface area contributed by atoms with E-state index < -0.39 is 24.0 Å². The third kappa shape index (κ3) is 4.12. The third-order valence-electron chi connectivity index (χ3n) is 3.69. The van der Waals surface area contributed by atoms with E-state index in [1.54, 1.807) is 32.2 Å². The SMILES string of the molecule is COc1ccc(-c2nc(C)c(C(=O)NCC(C)(O)C(=O)O)s2)cc1OC. The van der Waals surface area contributed by atoms with E-state index in [0.29, 0.717) is 27.1 Å². The van der Waals surface area contributed by atoms with E-state index in [4.69, 9.17) is 14.6 Å². The zero-order valence-corrected chi connectivity index (χ0v) is 15.6. The molecule has 2 rings (SSSR count). The maximum absolute atomic E-state index is 12.3. The van der Waals surface area contributed by atoms with Crippen molar-refractivity contribution in [3.8, 4) is 22.1 Å². The summed E-state index contributed by atoms with van der Waals surface area (Å²) in [4.78, 5) is 28.0. The standard InChI is InChI=1S/C17H20N2O6S/c1-9-13(14(20)18-8-17(2,23)16(21)22)26-15(19-9)10-5-6-11(24-3)12(7-10)25-4/h5-7,23H,8H2,1-4H3,(H,18,20)(H,21,22). The fourth-order valence-corrected chi connectivity index (χ4v) is 3.09. The zero-order valence-electron chi connectivity index (χ0n) is 14.8. The lowest BCUT2D eigenvalue weighted by molar-refractivity contribution is -0.155. The number of hydrogen-bond donors (Lipinski definition) is 3. The van der Waals surface area contributed by atoms with Crippen molar-refractivity contribution in [2.24, 2.45) is 0 Å². The van der Waals surface area contributed by atoms with Gasteiger partial charge in [-0.2, -0.15) is 0 Å². The molecule has 0 radical (unpaired) electrons. The Morgan fingerprint density at radius 2 is 1.92 bits per heavy atom. The molecule has 1 amide bonds. The number of carboxylic acid groups (broad SMARTS) is 1. The Kier molecular flexibility index (Phi) is 5.83. The smallest absolute Gasteiger partial charge is 0.337 e. The second-order valence-electron chi connectivity index (χ2n) is 5.76. The Morgan fingerprint density at radius 3 is 2.50 bits per heavy atom. The highest BCUT2D eigenvalue weighted by molar-refractivity contribution is 7.17. The van der Waals surface area contributed by atoms with Crippen LogP contribution >= 0.6 is 11.3 Å². The van der Waals surface area contributed by atoms with E-state index in [9.17, 15) is 14.7 Å². The summed E-state index contributed by atoms with van der Waals surface area (Å²) in [6, 6.07) is 5.30. The first-order valence-electron chi connectivity index (χ1n) is 7.63. The third-order valence-corrected chi connectivity index (χ3v) is 4.89. The van der Waals surface area contributed by atoms with Crippen molar-refractivity contribution in [2.75, 3.05) is 20.8 Å². The Balaban J connectivity index is 2.23. The minimum absolute atomic E-state index is 0.343. The van der Waals surface area contributed by atoms with Gasteiger partial charge in [0.25, 0.3) is 5.91 Å². The van der Waals surface area contributed by atoms with Gasteiger partial charge in [0.1, 0.15) is 9.88 Å². The molecule has 8 nitrogen and oxygen atoms in total. The molecule has 0 aliphatic rings. The second kappa shape index (κ2) is 7.71. The molecule has 1 atom stereocenters. The molecule has 1 aromatic heterocycles. The summed E-state index contributed by atoms with van der Waals surface area (Å²) < 4.78 is 10.5. The Morgan fingerprint density at radius 1 is 1.27 bits per heavy atom. The number of carboxylic acids is 1. The molecule has 0 bridgehead atoms. The van der Waals surface area contributed by atoms with Crippen LogP contribution in [0.25, 0.3) is 10.6 Å². The number of carbonyl (C=O) groups is 2. The van der Waals surface area contributed by atoms with Gasteiger partial charge >= 0.3 is 5.97 Å². The van der Waals surface area contributed by atoms with Crippen LogP contribution < -0.4 is 14.8 Å². The van der Waals surface area contributed by atoms with Crippen LogP contribution in [0.4, 0.5) is 0 Å². The number of aromatic nitrogens is 1. The van der Waals surface area contributed by atoms with Crippen LogP contribution in [-0.4, -0.2) is 53.4 Å². The lowest BCUT2D eigenvalue weighted by atomic mass is 10.1. The number of amides is 1. The van der Waals surface area contributed by atoms with E-state index in [1.807, 2.05) is 0 Å². The molecule has 140 valence electrons. The van der Waals surface area contributed by atoms with Gasteiger partial charge in [-0.3, -0.25) is 4.79 Å². The van der Waals surface area contributed by atoms with Crippen molar-refractivity contribution in [2.45, 2.75) is 19.4 Å². The van der Waals surface area contributed by atoms with Gasteiger partial charge in [0.15, 0.2) is 17.1 Å². The van der Waals surface area contributed by atoms with Gasteiger partial charge in [0, 0.05) is 5.56 Å². The van der Waals surface area contributed by atoms with E-state index in [2.05, 4.69) is 10.3 Å². The highest BCUT2D eigenvalue weighted by Crippen LogP contribution is 2.34. The number of carbonyl (C=O) groups excluding carboxylic acids is 1. The van der Waals surface area contributed by atoms with Gasteiger partial charge in [0.05, 0.1) is 26.5 Å². The first-order chi connectivity index (χ1) is 12.2. The van der Waals surface area contributed by atoms with Gasteiger partial charge < -0.3 is 25.0 Å². The molecule has 1 unspecified atom stereocenters. The van der Waals surface area contributed by atoms with E-state index in [-0.39, 0.29) is 0 Å². The van der Waals surface area contributed by atoms with E-state index >= 15 is 0 Å². The topological polar surface area (TPSA) is 118 Å². The molecule has 1 aromatic carbocycles. The van der Waals surface area contributed by atoms with Crippen LogP contribution in [0.15, 0.2) is 18.2 Å². The number of methoxy groups -OCH3 is 2. The van der Waals surface area contributed by atoms with Gasteiger partial charge in [-0.05, 0) is 32.0 Å². The van der Waals surface area contributed by atoms with Crippen LogP contribution in [-0.2, 0) is 4.79 Å². The normalized spacial score (nSPS) is 13.0. The molecule has 0 aliphatic carbocycles. The summed E-state index contributed by atoms with van der Waals surface area (Å²) in [5.74, 6) is -0.780. The van der Waals surface area contributed by atoms with Gasteiger partial charge in [0.2, 0.25) is 0 Å². The average molecular weight is 380 g/mol. The molecule has 1 heterocycles. The fourth-order valence-electron chi connectivity index (χ4n) is 2.11. The molecular formula is C17H20N2O6S. The van der Waals surface area contributed by atoms with Gasteiger partial charge in [-0.15, -0.1) is 11.3 Å². The predicted octanol–water partition coefficient (Wildman–Crippen LogP) is 1.70. The predicted molar refractivity (Wildman–Crippen MR) is 96.0 cm³/mol. The molecule has 0 saturated carbocycles. The molecular weight excluding hydrogens is 360 g/mol. The molecule has 0 saturated heterocycles. The summed E-state index contributed by atoms with van der Waals surface area (Å²) in [6.45, 7) is 2.39. The van der Waals surface area contributed by atoms with E-state index in [1.165, 1.54) is 7.11 Å². The first kappa shape index (κ1) is 19.7. The average Bonchev–Trinajstić information content (AvgIpc) is 3.00. The highest BCUT2D eigenvalue weighted by Gasteiger charge is 2.31. The summed E-state index contributed by atoms with van der Waals surface area (Å²) >= 11 is 1.16. The van der Waals surface area contributed by atoms with Crippen LogP contribution in [0.5, 0.6) is 11.5 Å². The Hall–Kier alpha value is -2.65. The Labute approximate surface area is 154 Å². The number of thiazole rings is 1. The number of rotatable bonds is 7. The van der Waals surface area contributed by atoms with Crippen LogP contribution in [0, 0.1) is 6.92 Å². The van der Waals surface area contributed by atoms with Crippen molar-refractivity contribution >= 4 is 23.2 Å². The maximum Gasteiger partial charge on any atom is 0.337 e. The first-order valence-corrected chi connectivity index (χ1v) is 8.45. The Bertz CT molecular complexity index is 831. The van der Waals surface area contributed by atoms with Crippen LogP contribution in [0.1, 0.15) is 22.3 Å². The number of aliphatic carboxylic acids is 1. The summed E-state index contributed by atoms with van der Waals surface area (Å²) in [5, 5.41) is 21.6. The summed E-state index contributed by atoms with van der Waals surface area (Å²) in [5.41, 5.74) is -0.778. The highest BCUT2D eigenvalue weighted by atomic mass is 32.1. The van der Waals surface area contributed by atoms with Crippen molar-refractivity contribution < 1.29 is 29.3 Å². The fraction of sp³-hybridized carbons (Fsp3) is 0.353. The summed E-state index contributed by atoms with van der Waals surface area (Å²) in [6.07, 6.45) is 0. The van der Waals surface area contributed by atoms with Crippen molar-refractivity contribution in [1.82, 2.24) is 10.3 Å². The minimum Gasteiger partial charge on any atom is -0.493 e. The van der Waals surface area contributed by atoms with Crippen LogP contribution in [0.3, 0.4) is 0 Å². The lowest BCUT2D eigenvalue weighted by Gasteiger charge is -2.17. The molecule has 0 aliphatic heterocycles. The van der Waals surface area contributed by atoms with Crippen molar-refractivity contribution in [1.29, 1.82) is 0 Å². The lowest BCUT2D eigenvalue weighted by Crippen LogP contribution is -2.46. The molecule has 0 spiro atoms. The van der Waals surface area contributed by atoms with Crippen LogP contribution in [0.2, 0.25) is 0 Å². The largest absolute Gasteiger partial charge is 0.493 e. The molecule has 0 fully saturated rings. The molecule has 9 heteroatoms. The molecule has 26 heavy (non-hydrogen) atoms. The number of hydrogen-bond acceptors (Lipinski definition) is 7. The van der Waals surface area contributed by atoms with E-state index in [0.717, 1.165) is 23.8 Å². The molecule has 2 aromatic rings. The quantitative estimate of drug-likeness (QED) is 0.669. The van der Waals surface area contributed by atoms with Crippen molar-refractivity contribution in [3.05, 3.63) is 28.8 Å².